The van der Waals surface area contributed by atoms with Gasteiger partial charge in [-0.15, -0.1) is 5.10 Å². The standard InChI is InChI=1S/C18H18F2N6O2/c1-2-16-21-17(28-23-16)15-10-26(24-22-15)12-5-7-25(8-6-12)18(27)11-3-4-13(19)14(20)9-11/h3-4,9-10,12H,2,5-8H2,1H3. The van der Waals surface area contributed by atoms with Crippen LogP contribution in [-0.2, 0) is 6.42 Å². The first-order valence-electron chi connectivity index (χ1n) is 9.04. The van der Waals surface area contributed by atoms with Crippen LogP contribution < -0.4 is 0 Å². The van der Waals surface area contributed by atoms with Gasteiger partial charge in [-0.25, -0.2) is 13.5 Å². The van der Waals surface area contributed by atoms with Gasteiger partial charge in [0.05, 0.1) is 12.2 Å². The molecule has 1 fully saturated rings. The van der Waals surface area contributed by atoms with Crippen LogP contribution >= 0.6 is 0 Å². The van der Waals surface area contributed by atoms with E-state index in [1.54, 1.807) is 15.8 Å². The maximum absolute atomic E-state index is 13.4. The van der Waals surface area contributed by atoms with E-state index < -0.39 is 11.6 Å². The second kappa shape index (κ2) is 7.45. The number of carbonyl (C=O) groups excluding carboxylic acids is 1. The molecule has 1 aromatic carbocycles. The number of piperidine rings is 1. The predicted octanol–water partition coefficient (Wildman–Crippen LogP) is 2.65. The maximum atomic E-state index is 13.4. The van der Waals surface area contributed by atoms with Crippen molar-refractivity contribution < 1.29 is 18.1 Å². The summed E-state index contributed by atoms with van der Waals surface area (Å²) in [7, 11) is 0. The number of nitrogens with zero attached hydrogens (tertiary/aromatic N) is 6. The molecule has 0 atom stereocenters. The first-order chi connectivity index (χ1) is 13.5. The van der Waals surface area contributed by atoms with Crippen molar-refractivity contribution in [3.63, 3.8) is 0 Å². The molecule has 0 N–H and O–H groups in total. The molecule has 8 nitrogen and oxygen atoms in total. The van der Waals surface area contributed by atoms with Crippen LogP contribution in [0.15, 0.2) is 28.9 Å². The van der Waals surface area contributed by atoms with Gasteiger partial charge in [0.15, 0.2) is 23.2 Å². The fraction of sp³-hybridized carbons (Fsp3) is 0.389. The Morgan fingerprint density at radius 3 is 2.71 bits per heavy atom. The lowest BCUT2D eigenvalue weighted by molar-refractivity contribution is 0.0688. The Bertz CT molecular complexity index is 994. The number of aromatic nitrogens is 5. The number of rotatable bonds is 4. The molecular weight excluding hydrogens is 370 g/mol. The van der Waals surface area contributed by atoms with Gasteiger partial charge >= 0.3 is 0 Å². The van der Waals surface area contributed by atoms with Crippen molar-refractivity contribution in [3.05, 3.63) is 47.4 Å². The maximum Gasteiger partial charge on any atom is 0.280 e. The van der Waals surface area contributed by atoms with E-state index in [2.05, 4.69) is 20.5 Å². The highest BCUT2D eigenvalue weighted by atomic mass is 19.2. The van der Waals surface area contributed by atoms with Crippen LogP contribution in [0, 0.1) is 11.6 Å². The average molecular weight is 388 g/mol. The van der Waals surface area contributed by atoms with Crippen molar-refractivity contribution in [1.29, 1.82) is 0 Å². The van der Waals surface area contributed by atoms with Gasteiger partial charge in [0, 0.05) is 25.1 Å². The summed E-state index contributed by atoms with van der Waals surface area (Å²) < 4.78 is 33.3. The van der Waals surface area contributed by atoms with Gasteiger partial charge in [0.2, 0.25) is 0 Å². The molecule has 1 saturated heterocycles. The molecule has 3 aromatic rings. The van der Waals surface area contributed by atoms with Crippen LogP contribution in [0.5, 0.6) is 0 Å². The minimum Gasteiger partial charge on any atom is -0.338 e. The molecule has 28 heavy (non-hydrogen) atoms. The number of carbonyl (C=O) groups is 1. The molecule has 3 heterocycles. The van der Waals surface area contributed by atoms with E-state index in [9.17, 15) is 13.6 Å². The first-order valence-corrected chi connectivity index (χ1v) is 9.04. The Hall–Kier alpha value is -3.17. The molecule has 146 valence electrons. The zero-order chi connectivity index (χ0) is 19.7. The van der Waals surface area contributed by atoms with Crippen molar-refractivity contribution in [2.75, 3.05) is 13.1 Å². The Labute approximate surface area is 159 Å². The number of halogens is 2. The summed E-state index contributed by atoms with van der Waals surface area (Å²) in [5.41, 5.74) is 0.649. The molecule has 0 bridgehead atoms. The van der Waals surface area contributed by atoms with E-state index in [-0.39, 0.29) is 17.5 Å². The van der Waals surface area contributed by atoms with Crippen LogP contribution in [0.2, 0.25) is 0 Å². The lowest BCUT2D eigenvalue weighted by atomic mass is 10.0. The zero-order valence-corrected chi connectivity index (χ0v) is 15.2. The molecule has 0 saturated carbocycles. The minimum atomic E-state index is -1.02. The lowest BCUT2D eigenvalue weighted by Gasteiger charge is -2.31. The average Bonchev–Trinajstić information content (AvgIpc) is 3.39. The third-order valence-corrected chi connectivity index (χ3v) is 4.81. The van der Waals surface area contributed by atoms with Crippen LogP contribution in [0.1, 0.15) is 42.0 Å². The molecule has 10 heteroatoms. The summed E-state index contributed by atoms with van der Waals surface area (Å²) in [6, 6.07) is 3.27. The second-order valence-electron chi connectivity index (χ2n) is 6.61. The summed E-state index contributed by atoms with van der Waals surface area (Å²) in [5.74, 6) is -1.37. The normalized spacial score (nSPS) is 15.2. The molecule has 0 unspecified atom stereocenters. The quantitative estimate of drug-likeness (QED) is 0.683. The summed E-state index contributed by atoms with van der Waals surface area (Å²) >= 11 is 0. The highest BCUT2D eigenvalue weighted by Crippen LogP contribution is 2.25. The molecule has 4 rings (SSSR count). The van der Waals surface area contributed by atoms with E-state index in [1.165, 1.54) is 6.07 Å². The summed E-state index contributed by atoms with van der Waals surface area (Å²) in [5, 5.41) is 12.1. The predicted molar refractivity (Wildman–Crippen MR) is 93.2 cm³/mol. The highest BCUT2D eigenvalue weighted by Gasteiger charge is 2.26. The van der Waals surface area contributed by atoms with Crippen molar-refractivity contribution in [1.82, 2.24) is 30.0 Å². The van der Waals surface area contributed by atoms with Gasteiger partial charge in [-0.2, -0.15) is 4.98 Å². The number of likely N-dealkylation sites (tertiary alicyclic amines) is 1. The SMILES string of the molecule is CCc1noc(-c2cn(C3CCN(C(=O)c4ccc(F)c(F)c4)CC3)nn2)n1. The van der Waals surface area contributed by atoms with Crippen molar-refractivity contribution in [2.24, 2.45) is 0 Å². The van der Waals surface area contributed by atoms with Gasteiger partial charge in [-0.1, -0.05) is 17.3 Å². The summed E-state index contributed by atoms with van der Waals surface area (Å²) in [6.45, 7) is 2.90. The molecule has 1 aliphatic heterocycles. The highest BCUT2D eigenvalue weighted by molar-refractivity contribution is 5.94. The van der Waals surface area contributed by atoms with Gasteiger partial charge in [-0.3, -0.25) is 4.79 Å². The zero-order valence-electron chi connectivity index (χ0n) is 15.2. The van der Waals surface area contributed by atoms with Crippen LogP contribution in [-0.4, -0.2) is 49.0 Å². The number of amides is 1. The van der Waals surface area contributed by atoms with E-state index in [0.717, 1.165) is 12.1 Å². The smallest absolute Gasteiger partial charge is 0.280 e. The topological polar surface area (TPSA) is 89.9 Å². The Balaban J connectivity index is 1.40. The molecule has 1 amide bonds. The fourth-order valence-electron chi connectivity index (χ4n) is 3.20. The largest absolute Gasteiger partial charge is 0.338 e. The molecular formula is C18H18F2N6O2. The molecule has 0 aliphatic carbocycles. The summed E-state index contributed by atoms with van der Waals surface area (Å²) in [4.78, 5) is 18.4. The van der Waals surface area contributed by atoms with Crippen LogP contribution in [0.3, 0.4) is 0 Å². The molecule has 1 aliphatic rings. The molecule has 0 radical (unpaired) electrons. The van der Waals surface area contributed by atoms with Crippen LogP contribution in [0.4, 0.5) is 8.78 Å². The third kappa shape index (κ3) is 3.49. The Kier molecular flexibility index (Phi) is 4.84. The van der Waals surface area contributed by atoms with Gasteiger partial charge < -0.3 is 9.42 Å². The Morgan fingerprint density at radius 1 is 1.25 bits per heavy atom. The second-order valence-corrected chi connectivity index (χ2v) is 6.61. The van der Waals surface area contributed by atoms with Crippen LogP contribution in [0.25, 0.3) is 11.6 Å². The number of hydrogen-bond donors (Lipinski definition) is 0. The van der Waals surface area contributed by atoms with Crippen molar-refractivity contribution in [3.8, 4) is 11.6 Å². The molecule has 0 spiro atoms. The number of hydrogen-bond acceptors (Lipinski definition) is 6. The minimum absolute atomic E-state index is 0.0730. The van der Waals surface area contributed by atoms with Gasteiger partial charge in [-0.05, 0) is 31.0 Å². The number of aryl methyl sites for hydroxylation is 1. The first kappa shape index (κ1) is 18.2. The van der Waals surface area contributed by atoms with Gasteiger partial charge in [0.25, 0.3) is 11.8 Å². The monoisotopic (exact) mass is 388 g/mol. The van der Waals surface area contributed by atoms with E-state index in [4.69, 9.17) is 4.52 Å². The van der Waals surface area contributed by atoms with Gasteiger partial charge in [0.1, 0.15) is 0 Å². The van der Waals surface area contributed by atoms with E-state index >= 15 is 0 Å². The van der Waals surface area contributed by atoms with E-state index in [1.807, 2.05) is 6.92 Å². The number of benzene rings is 1. The lowest BCUT2D eigenvalue weighted by Crippen LogP contribution is -2.39. The molecule has 2 aromatic heterocycles. The van der Waals surface area contributed by atoms with Crippen molar-refractivity contribution >= 4 is 5.91 Å². The third-order valence-electron chi connectivity index (χ3n) is 4.81. The van der Waals surface area contributed by atoms with Crippen molar-refractivity contribution in [2.45, 2.75) is 32.2 Å². The van der Waals surface area contributed by atoms with E-state index in [0.29, 0.717) is 49.8 Å². The fourth-order valence-corrected chi connectivity index (χ4v) is 3.20. The summed E-state index contributed by atoms with van der Waals surface area (Å²) in [6.07, 6.45) is 3.76. The Morgan fingerprint density at radius 2 is 2.04 bits per heavy atom.